The fraction of sp³-hybridized carbons (Fsp3) is 0.200. The Labute approximate surface area is 88.6 Å². The number of aryl methyl sites for hydroxylation is 1. The number of nitrogens with zero attached hydrogens (tertiary/aromatic N) is 3. The molecular formula is C10H13N5. The number of hydrazine groups is 1. The Morgan fingerprint density at radius 3 is 2.80 bits per heavy atom. The number of pyridine rings is 1. The van der Waals surface area contributed by atoms with Crippen LogP contribution in [0.4, 0.5) is 5.82 Å². The normalized spacial score (nSPS) is 10.9. The van der Waals surface area contributed by atoms with Gasteiger partial charge in [0.15, 0.2) is 0 Å². The lowest BCUT2D eigenvalue weighted by Crippen LogP contribution is -2.26. The zero-order valence-corrected chi connectivity index (χ0v) is 8.73. The van der Waals surface area contributed by atoms with Crippen molar-refractivity contribution in [1.29, 1.82) is 5.26 Å². The molecule has 0 aliphatic heterocycles. The first-order valence-corrected chi connectivity index (χ1v) is 4.39. The number of rotatable bonds is 2. The van der Waals surface area contributed by atoms with Gasteiger partial charge in [-0.1, -0.05) is 0 Å². The molecule has 5 heteroatoms. The average Bonchev–Trinajstić information content (AvgIpc) is 2.16. The largest absolute Gasteiger partial charge is 0.401 e. The van der Waals surface area contributed by atoms with Crippen LogP contribution in [0.3, 0.4) is 0 Å². The number of hydrogen-bond acceptors (Lipinski definition) is 5. The molecule has 0 spiro atoms. The van der Waals surface area contributed by atoms with E-state index in [0.29, 0.717) is 17.1 Å². The molecule has 0 aliphatic rings. The smallest absolute Gasteiger partial charge is 0.147 e. The average molecular weight is 203 g/mol. The molecule has 5 nitrogen and oxygen atoms in total. The van der Waals surface area contributed by atoms with Gasteiger partial charge in [-0.2, -0.15) is 5.26 Å². The molecule has 1 aromatic heterocycles. The van der Waals surface area contributed by atoms with Crippen molar-refractivity contribution in [3.63, 3.8) is 0 Å². The monoisotopic (exact) mass is 203 g/mol. The van der Waals surface area contributed by atoms with Crippen molar-refractivity contribution in [3.8, 4) is 6.07 Å². The summed E-state index contributed by atoms with van der Waals surface area (Å²) in [4.78, 5) is 4.04. The van der Waals surface area contributed by atoms with Gasteiger partial charge in [0, 0.05) is 18.1 Å². The van der Waals surface area contributed by atoms with Gasteiger partial charge in [-0.25, -0.2) is 10.8 Å². The summed E-state index contributed by atoms with van der Waals surface area (Å²) in [7, 11) is 0. The van der Waals surface area contributed by atoms with Gasteiger partial charge in [0.2, 0.25) is 0 Å². The summed E-state index contributed by atoms with van der Waals surface area (Å²) in [6.45, 7) is 3.56. The highest BCUT2D eigenvalue weighted by Crippen LogP contribution is 2.13. The summed E-state index contributed by atoms with van der Waals surface area (Å²) in [6.07, 6.45) is 3.05. The zero-order chi connectivity index (χ0) is 11.4. The molecule has 78 valence electrons. The van der Waals surface area contributed by atoms with Gasteiger partial charge >= 0.3 is 0 Å². The van der Waals surface area contributed by atoms with Crippen molar-refractivity contribution in [1.82, 2.24) is 4.98 Å². The highest BCUT2D eigenvalue weighted by molar-refractivity contribution is 5.47. The predicted molar refractivity (Wildman–Crippen MR) is 58.3 cm³/mol. The second-order valence-electron chi connectivity index (χ2n) is 3.25. The molecule has 0 radical (unpaired) electrons. The third kappa shape index (κ3) is 2.69. The summed E-state index contributed by atoms with van der Waals surface area (Å²) in [5.41, 5.74) is 7.45. The third-order valence-corrected chi connectivity index (χ3v) is 1.82. The van der Waals surface area contributed by atoms with Gasteiger partial charge in [-0.15, -0.1) is 0 Å². The molecule has 1 heterocycles. The summed E-state index contributed by atoms with van der Waals surface area (Å²) in [5.74, 6) is 6.24. The fourth-order valence-electron chi connectivity index (χ4n) is 1.08. The first-order valence-electron chi connectivity index (χ1n) is 4.39. The number of nitrogens with two attached hydrogens (primary N) is 2. The molecule has 0 atom stereocenters. The van der Waals surface area contributed by atoms with E-state index in [-0.39, 0.29) is 0 Å². The lowest BCUT2D eigenvalue weighted by molar-refractivity contribution is 1.00. The molecule has 0 aromatic carbocycles. The van der Waals surface area contributed by atoms with Gasteiger partial charge in [-0.3, -0.25) is 5.01 Å². The molecule has 0 aliphatic carbocycles. The molecule has 0 fully saturated rings. The summed E-state index contributed by atoms with van der Waals surface area (Å²) in [6, 6.07) is 3.77. The van der Waals surface area contributed by atoms with Crippen LogP contribution in [-0.4, -0.2) is 4.98 Å². The SMILES string of the molecule is C/C(N)=C/N(N)c1cc(C)c(C#N)cn1. The van der Waals surface area contributed by atoms with Crippen molar-refractivity contribution in [2.45, 2.75) is 13.8 Å². The maximum absolute atomic E-state index is 8.73. The maximum Gasteiger partial charge on any atom is 0.147 e. The third-order valence-electron chi connectivity index (χ3n) is 1.82. The molecule has 15 heavy (non-hydrogen) atoms. The summed E-state index contributed by atoms with van der Waals surface area (Å²) < 4.78 is 0. The second kappa shape index (κ2) is 4.44. The Kier molecular flexibility index (Phi) is 3.26. The number of hydrogen-bond donors (Lipinski definition) is 2. The van der Waals surface area contributed by atoms with Crippen LogP contribution in [0.5, 0.6) is 0 Å². The van der Waals surface area contributed by atoms with Crippen molar-refractivity contribution in [3.05, 3.63) is 35.3 Å². The number of nitriles is 1. The Hall–Kier alpha value is -2.06. The molecule has 0 saturated carbocycles. The van der Waals surface area contributed by atoms with Gasteiger partial charge in [0.25, 0.3) is 0 Å². The number of aromatic nitrogens is 1. The van der Waals surface area contributed by atoms with Crippen molar-refractivity contribution >= 4 is 5.82 Å². The second-order valence-corrected chi connectivity index (χ2v) is 3.25. The molecule has 0 unspecified atom stereocenters. The summed E-state index contributed by atoms with van der Waals surface area (Å²) >= 11 is 0. The molecule has 4 N–H and O–H groups in total. The van der Waals surface area contributed by atoms with Gasteiger partial charge < -0.3 is 5.73 Å². The Morgan fingerprint density at radius 1 is 1.67 bits per heavy atom. The van der Waals surface area contributed by atoms with Crippen LogP contribution in [0.15, 0.2) is 24.2 Å². The van der Waals surface area contributed by atoms with E-state index >= 15 is 0 Å². The van der Waals surface area contributed by atoms with Crippen molar-refractivity contribution in [2.75, 3.05) is 5.01 Å². The van der Waals surface area contributed by atoms with Crippen LogP contribution in [-0.2, 0) is 0 Å². The lowest BCUT2D eigenvalue weighted by Gasteiger charge is -2.13. The minimum Gasteiger partial charge on any atom is -0.401 e. The minimum absolute atomic E-state index is 0.542. The maximum atomic E-state index is 8.73. The standard InChI is InChI=1S/C10H13N5/c1-7-3-10(14-5-9(7)4-11)15(13)6-8(2)12/h3,5-6H,12-13H2,1-2H3/b8-6-. The predicted octanol–water partition coefficient (Wildman–Crippen LogP) is 0.762. The van der Waals surface area contributed by atoms with Crippen molar-refractivity contribution < 1.29 is 0 Å². The first kappa shape index (κ1) is 11.0. The molecule has 0 bridgehead atoms. The highest BCUT2D eigenvalue weighted by atomic mass is 15.4. The van der Waals surface area contributed by atoms with Crippen LogP contribution in [0.25, 0.3) is 0 Å². The highest BCUT2D eigenvalue weighted by Gasteiger charge is 2.03. The Morgan fingerprint density at radius 2 is 2.33 bits per heavy atom. The molecule has 0 amide bonds. The van der Waals surface area contributed by atoms with E-state index in [1.165, 1.54) is 11.2 Å². The fourth-order valence-corrected chi connectivity index (χ4v) is 1.08. The number of allylic oxidation sites excluding steroid dienone is 1. The first-order chi connectivity index (χ1) is 7.04. The van der Waals surface area contributed by atoms with Crippen LogP contribution < -0.4 is 16.6 Å². The van der Waals surface area contributed by atoms with Gasteiger partial charge in [0.05, 0.1) is 5.56 Å². The van der Waals surface area contributed by atoms with Crippen LogP contribution >= 0.6 is 0 Å². The Bertz CT molecular complexity index is 426. The topological polar surface area (TPSA) is 92.0 Å². The van der Waals surface area contributed by atoms with E-state index in [0.717, 1.165) is 5.56 Å². The van der Waals surface area contributed by atoms with E-state index in [1.807, 2.05) is 13.0 Å². The van der Waals surface area contributed by atoms with Gasteiger partial charge in [-0.05, 0) is 25.5 Å². The van der Waals surface area contributed by atoms with E-state index in [2.05, 4.69) is 4.98 Å². The lowest BCUT2D eigenvalue weighted by atomic mass is 10.2. The zero-order valence-electron chi connectivity index (χ0n) is 8.73. The van der Waals surface area contributed by atoms with E-state index in [1.54, 1.807) is 19.2 Å². The Balaban J connectivity index is 3.04. The quantitative estimate of drug-likeness (QED) is 0.547. The molecule has 0 saturated heterocycles. The molecular weight excluding hydrogens is 190 g/mol. The van der Waals surface area contributed by atoms with Crippen LogP contribution in [0.2, 0.25) is 0 Å². The van der Waals surface area contributed by atoms with E-state index in [4.69, 9.17) is 16.8 Å². The van der Waals surface area contributed by atoms with Crippen LogP contribution in [0, 0.1) is 18.3 Å². The summed E-state index contributed by atoms with van der Waals surface area (Å²) in [5, 5.41) is 10.0. The number of anilines is 1. The van der Waals surface area contributed by atoms with E-state index in [9.17, 15) is 0 Å². The molecule has 1 aromatic rings. The van der Waals surface area contributed by atoms with Crippen LogP contribution in [0.1, 0.15) is 18.1 Å². The minimum atomic E-state index is 0.542. The van der Waals surface area contributed by atoms with Gasteiger partial charge in [0.1, 0.15) is 11.9 Å². The van der Waals surface area contributed by atoms with Crippen molar-refractivity contribution in [2.24, 2.45) is 11.6 Å². The van der Waals surface area contributed by atoms with E-state index < -0.39 is 0 Å². The molecule has 1 rings (SSSR count).